The zero-order valence-corrected chi connectivity index (χ0v) is 10.2. The van der Waals surface area contributed by atoms with Crippen LogP contribution in [0.4, 0.5) is 11.7 Å². The summed E-state index contributed by atoms with van der Waals surface area (Å²) in [4.78, 5) is 6.61. The van der Waals surface area contributed by atoms with E-state index in [0.717, 1.165) is 37.0 Å². The normalized spacial score (nSPS) is 19.8. The first-order valence-corrected chi connectivity index (χ1v) is 6.28. The molecule has 1 unspecified atom stereocenters. The van der Waals surface area contributed by atoms with E-state index in [1.54, 1.807) is 6.07 Å². The van der Waals surface area contributed by atoms with Crippen molar-refractivity contribution in [3.05, 3.63) is 18.2 Å². The third-order valence-corrected chi connectivity index (χ3v) is 3.49. The van der Waals surface area contributed by atoms with Crippen molar-refractivity contribution in [2.75, 3.05) is 30.3 Å². The smallest absolute Gasteiger partial charge is 0.298 e. The largest absolute Gasteiger partial charge is 0.423 e. The number of nitrogens with zero attached hydrogens (tertiary/aromatic N) is 2. The summed E-state index contributed by atoms with van der Waals surface area (Å²) in [6, 6.07) is 6.16. The van der Waals surface area contributed by atoms with E-state index >= 15 is 0 Å². The van der Waals surface area contributed by atoms with Gasteiger partial charge in [0.05, 0.1) is 0 Å². The van der Waals surface area contributed by atoms with Crippen LogP contribution in [0.1, 0.15) is 12.8 Å². The number of fused-ring (bicyclic) bond motifs is 1. The number of benzene rings is 1. The fourth-order valence-electron chi connectivity index (χ4n) is 2.49. The molecule has 1 fully saturated rings. The summed E-state index contributed by atoms with van der Waals surface area (Å²) in [6.45, 7) is 2.10. The van der Waals surface area contributed by atoms with Crippen molar-refractivity contribution in [1.82, 2.24) is 4.98 Å². The minimum Gasteiger partial charge on any atom is -0.423 e. The molecule has 0 amide bonds. The molecule has 1 aromatic heterocycles. The van der Waals surface area contributed by atoms with Gasteiger partial charge < -0.3 is 20.2 Å². The Balaban J connectivity index is 1.82. The van der Waals surface area contributed by atoms with Crippen molar-refractivity contribution in [3.63, 3.8) is 0 Å². The zero-order chi connectivity index (χ0) is 12.5. The number of aromatic nitrogens is 1. The summed E-state index contributed by atoms with van der Waals surface area (Å²) in [6.07, 6.45) is 1.94. The van der Waals surface area contributed by atoms with Gasteiger partial charge in [0, 0.05) is 31.5 Å². The number of nitrogen functional groups attached to an aromatic ring is 1. The number of oxazole rings is 1. The Morgan fingerprint density at radius 2 is 2.39 bits per heavy atom. The third kappa shape index (κ3) is 2.01. The second-order valence-corrected chi connectivity index (χ2v) is 4.84. The lowest BCUT2D eigenvalue weighted by atomic mass is 10.1. The summed E-state index contributed by atoms with van der Waals surface area (Å²) in [5.41, 5.74) is 7.97. The lowest BCUT2D eigenvalue weighted by Crippen LogP contribution is -2.20. The molecule has 18 heavy (non-hydrogen) atoms. The Morgan fingerprint density at radius 1 is 1.50 bits per heavy atom. The van der Waals surface area contributed by atoms with Gasteiger partial charge in [-0.1, -0.05) is 0 Å². The maximum atomic E-state index is 8.96. The van der Waals surface area contributed by atoms with Gasteiger partial charge in [0.2, 0.25) is 0 Å². The molecule has 0 radical (unpaired) electrons. The summed E-state index contributed by atoms with van der Waals surface area (Å²) in [5.74, 6) is 0.537. The molecule has 1 saturated heterocycles. The van der Waals surface area contributed by atoms with Crippen molar-refractivity contribution in [2.45, 2.75) is 12.8 Å². The molecule has 5 heteroatoms. The van der Waals surface area contributed by atoms with E-state index < -0.39 is 0 Å². The van der Waals surface area contributed by atoms with Crippen LogP contribution in [0.5, 0.6) is 0 Å². The number of rotatable bonds is 3. The van der Waals surface area contributed by atoms with Crippen LogP contribution in [0, 0.1) is 5.92 Å². The van der Waals surface area contributed by atoms with Gasteiger partial charge in [0.1, 0.15) is 5.52 Å². The monoisotopic (exact) mass is 247 g/mol. The first-order valence-electron chi connectivity index (χ1n) is 6.28. The second kappa shape index (κ2) is 4.49. The molecule has 0 spiro atoms. The number of hydrogen-bond donors (Lipinski definition) is 2. The molecule has 2 heterocycles. The molecule has 0 aliphatic carbocycles. The third-order valence-electron chi connectivity index (χ3n) is 3.49. The van der Waals surface area contributed by atoms with E-state index in [4.69, 9.17) is 15.3 Å². The minimum absolute atomic E-state index is 0.253. The Bertz CT molecular complexity index is 552. The first kappa shape index (κ1) is 11.3. The highest BCUT2D eigenvalue weighted by Gasteiger charge is 2.25. The molecule has 1 aromatic carbocycles. The fraction of sp³-hybridized carbons (Fsp3) is 0.462. The number of aliphatic hydroxyl groups excluding tert-OH is 1. The molecule has 5 nitrogen and oxygen atoms in total. The number of aliphatic hydroxyl groups is 1. The summed E-state index contributed by atoms with van der Waals surface area (Å²) < 4.78 is 5.73. The highest BCUT2D eigenvalue weighted by molar-refractivity contribution is 5.78. The zero-order valence-electron chi connectivity index (χ0n) is 10.2. The van der Waals surface area contributed by atoms with Crippen molar-refractivity contribution >= 4 is 22.8 Å². The van der Waals surface area contributed by atoms with E-state index in [1.165, 1.54) is 0 Å². The van der Waals surface area contributed by atoms with E-state index in [-0.39, 0.29) is 6.61 Å². The van der Waals surface area contributed by atoms with Gasteiger partial charge >= 0.3 is 0 Å². The first-order chi connectivity index (χ1) is 8.76. The number of anilines is 2. The van der Waals surface area contributed by atoms with E-state index in [2.05, 4.69) is 9.88 Å². The van der Waals surface area contributed by atoms with Crippen molar-refractivity contribution < 1.29 is 9.52 Å². The van der Waals surface area contributed by atoms with Crippen molar-refractivity contribution in [3.8, 4) is 0 Å². The number of hydrogen-bond acceptors (Lipinski definition) is 5. The summed E-state index contributed by atoms with van der Waals surface area (Å²) in [7, 11) is 0. The van der Waals surface area contributed by atoms with E-state index in [0.29, 0.717) is 17.6 Å². The van der Waals surface area contributed by atoms with Crippen LogP contribution >= 0.6 is 0 Å². The molecule has 0 bridgehead atoms. The van der Waals surface area contributed by atoms with Crippen LogP contribution < -0.4 is 10.6 Å². The van der Waals surface area contributed by atoms with Crippen molar-refractivity contribution in [1.29, 1.82) is 0 Å². The SMILES string of the molecule is Nc1ccc2nc(N3CCC(CCO)C3)oc2c1. The van der Waals surface area contributed by atoms with Crippen molar-refractivity contribution in [2.24, 2.45) is 5.92 Å². The lowest BCUT2D eigenvalue weighted by Gasteiger charge is -2.12. The maximum absolute atomic E-state index is 8.96. The average Bonchev–Trinajstić information content (AvgIpc) is 2.94. The minimum atomic E-state index is 0.253. The topological polar surface area (TPSA) is 75.5 Å². The van der Waals surface area contributed by atoms with E-state index in [9.17, 15) is 0 Å². The Labute approximate surface area is 105 Å². The van der Waals surface area contributed by atoms with Gasteiger partial charge in [-0.25, -0.2) is 0 Å². The molecular weight excluding hydrogens is 230 g/mol. The predicted octanol–water partition coefficient (Wildman–Crippen LogP) is 1.62. The molecule has 1 aliphatic rings. The van der Waals surface area contributed by atoms with Crippen LogP contribution in [-0.4, -0.2) is 29.8 Å². The molecule has 96 valence electrons. The molecular formula is C13H17N3O2. The van der Waals surface area contributed by atoms with Crippen LogP contribution in [0.25, 0.3) is 11.1 Å². The standard InChI is InChI=1S/C13H17N3O2/c14-10-1-2-11-12(7-10)18-13(15-11)16-5-3-9(8-16)4-6-17/h1-2,7,9,17H,3-6,8,14H2. The Hall–Kier alpha value is -1.75. The molecule has 3 rings (SSSR count). The molecule has 3 N–H and O–H groups in total. The highest BCUT2D eigenvalue weighted by atomic mass is 16.4. The lowest BCUT2D eigenvalue weighted by molar-refractivity contribution is 0.263. The quantitative estimate of drug-likeness (QED) is 0.806. The van der Waals surface area contributed by atoms with Gasteiger partial charge in [-0.15, -0.1) is 0 Å². The Kier molecular flexibility index (Phi) is 2.83. The maximum Gasteiger partial charge on any atom is 0.298 e. The molecule has 1 aliphatic heterocycles. The molecule has 1 atom stereocenters. The van der Waals surface area contributed by atoms with E-state index in [1.807, 2.05) is 12.1 Å². The van der Waals surface area contributed by atoms with Gasteiger partial charge in [0.15, 0.2) is 5.58 Å². The van der Waals surface area contributed by atoms with Gasteiger partial charge in [0.25, 0.3) is 6.01 Å². The summed E-state index contributed by atoms with van der Waals surface area (Å²) >= 11 is 0. The van der Waals surface area contributed by atoms with Crippen LogP contribution in [0.2, 0.25) is 0 Å². The molecule has 0 saturated carbocycles. The Morgan fingerprint density at radius 3 is 3.22 bits per heavy atom. The fourth-order valence-corrected chi connectivity index (χ4v) is 2.49. The highest BCUT2D eigenvalue weighted by Crippen LogP contribution is 2.28. The van der Waals surface area contributed by atoms with Crippen LogP contribution in [0.15, 0.2) is 22.6 Å². The second-order valence-electron chi connectivity index (χ2n) is 4.84. The number of nitrogens with two attached hydrogens (primary N) is 1. The van der Waals surface area contributed by atoms with Crippen LogP contribution in [-0.2, 0) is 0 Å². The van der Waals surface area contributed by atoms with Gasteiger partial charge in [-0.3, -0.25) is 0 Å². The summed E-state index contributed by atoms with van der Waals surface area (Å²) in [5, 5.41) is 8.96. The average molecular weight is 247 g/mol. The molecule has 2 aromatic rings. The van der Waals surface area contributed by atoms with Gasteiger partial charge in [-0.05, 0) is 30.9 Å². The van der Waals surface area contributed by atoms with Gasteiger partial charge in [-0.2, -0.15) is 4.98 Å². The predicted molar refractivity (Wildman–Crippen MR) is 70.4 cm³/mol. The van der Waals surface area contributed by atoms with Crippen LogP contribution in [0.3, 0.4) is 0 Å².